The third-order valence-corrected chi connectivity index (χ3v) is 4.82. The molecule has 0 unspecified atom stereocenters. The number of hydrogen-bond donors (Lipinski definition) is 1. The predicted molar refractivity (Wildman–Crippen MR) is 113 cm³/mol. The van der Waals surface area contributed by atoms with Crippen molar-refractivity contribution in [1.29, 1.82) is 0 Å². The van der Waals surface area contributed by atoms with E-state index in [9.17, 15) is 18.0 Å². The summed E-state index contributed by atoms with van der Waals surface area (Å²) in [6.07, 6.45) is -1.54. The van der Waals surface area contributed by atoms with Crippen LogP contribution in [-0.2, 0) is 19.5 Å². The minimum atomic E-state index is -4.47. The van der Waals surface area contributed by atoms with Gasteiger partial charge in [0.1, 0.15) is 12.1 Å². The number of alkyl halides is 3. The van der Waals surface area contributed by atoms with E-state index < -0.39 is 17.6 Å². The van der Waals surface area contributed by atoms with E-state index in [0.717, 1.165) is 17.7 Å². The van der Waals surface area contributed by atoms with Crippen LogP contribution in [0.1, 0.15) is 21.6 Å². The van der Waals surface area contributed by atoms with E-state index in [0.29, 0.717) is 11.6 Å². The van der Waals surface area contributed by atoms with E-state index in [1.54, 1.807) is 6.07 Å². The standard InChI is InChI=1S/C21H16ClF3N6O2/c22-17-7-2-1-4-14(17)11-31-12-26-20(29-31)27-19(32)18-8-9-30(28-18)13-33-16-6-3-5-15(10-16)21(23,24)25/h1-10,12H,11,13H2,(H,27,29,32). The first-order chi connectivity index (χ1) is 15.8. The lowest BCUT2D eigenvalue weighted by molar-refractivity contribution is -0.137. The topological polar surface area (TPSA) is 86.9 Å². The number of rotatable bonds is 7. The number of ether oxygens (including phenoxy) is 1. The monoisotopic (exact) mass is 476 g/mol. The maximum Gasteiger partial charge on any atom is 0.416 e. The first-order valence-corrected chi connectivity index (χ1v) is 9.93. The van der Waals surface area contributed by atoms with Gasteiger partial charge in [-0.25, -0.2) is 14.3 Å². The molecule has 8 nitrogen and oxygen atoms in total. The van der Waals surface area contributed by atoms with Crippen LogP contribution >= 0.6 is 11.6 Å². The largest absolute Gasteiger partial charge is 0.471 e. The van der Waals surface area contributed by atoms with Gasteiger partial charge in [-0.15, -0.1) is 5.10 Å². The molecule has 4 aromatic rings. The van der Waals surface area contributed by atoms with Crippen LogP contribution < -0.4 is 10.1 Å². The fourth-order valence-electron chi connectivity index (χ4n) is 2.85. The number of aromatic nitrogens is 5. The molecule has 2 heterocycles. The Hall–Kier alpha value is -3.86. The molecule has 0 saturated heterocycles. The smallest absolute Gasteiger partial charge is 0.416 e. The van der Waals surface area contributed by atoms with Gasteiger partial charge in [0.25, 0.3) is 5.91 Å². The molecule has 0 fully saturated rings. The highest BCUT2D eigenvalue weighted by molar-refractivity contribution is 6.31. The average Bonchev–Trinajstić information content (AvgIpc) is 3.43. The highest BCUT2D eigenvalue weighted by Crippen LogP contribution is 2.31. The third kappa shape index (κ3) is 5.69. The molecule has 170 valence electrons. The van der Waals surface area contributed by atoms with E-state index in [1.807, 2.05) is 18.2 Å². The molecule has 12 heteroatoms. The molecular formula is C21H16ClF3N6O2. The summed E-state index contributed by atoms with van der Waals surface area (Å²) >= 11 is 6.14. The summed E-state index contributed by atoms with van der Waals surface area (Å²) in [5.41, 5.74) is 0.0913. The molecule has 0 aliphatic rings. The quantitative estimate of drug-likeness (QED) is 0.425. The average molecular weight is 477 g/mol. The zero-order chi connectivity index (χ0) is 23.4. The Balaban J connectivity index is 1.34. The fraction of sp³-hybridized carbons (Fsp3) is 0.143. The number of anilines is 1. The Morgan fingerprint density at radius 2 is 1.88 bits per heavy atom. The van der Waals surface area contributed by atoms with E-state index >= 15 is 0 Å². The Bertz CT molecular complexity index is 1270. The summed E-state index contributed by atoms with van der Waals surface area (Å²) in [4.78, 5) is 16.5. The lowest BCUT2D eigenvalue weighted by atomic mass is 10.2. The van der Waals surface area contributed by atoms with Crippen LogP contribution in [0.3, 0.4) is 0 Å². The molecule has 0 spiro atoms. The van der Waals surface area contributed by atoms with Crippen molar-refractivity contribution in [3.63, 3.8) is 0 Å². The van der Waals surface area contributed by atoms with Crippen LogP contribution in [0, 0.1) is 0 Å². The second-order valence-corrected chi connectivity index (χ2v) is 7.26. The van der Waals surface area contributed by atoms with Gasteiger partial charge >= 0.3 is 6.18 Å². The van der Waals surface area contributed by atoms with Crippen molar-refractivity contribution >= 4 is 23.5 Å². The van der Waals surface area contributed by atoms with Crippen LogP contribution in [0.15, 0.2) is 67.1 Å². The maximum absolute atomic E-state index is 12.8. The summed E-state index contributed by atoms with van der Waals surface area (Å²) < 4.78 is 46.5. The minimum absolute atomic E-state index is 0.0274. The number of halogens is 4. The maximum atomic E-state index is 12.8. The van der Waals surface area contributed by atoms with Gasteiger partial charge in [0.05, 0.1) is 12.1 Å². The highest BCUT2D eigenvalue weighted by atomic mass is 35.5. The second-order valence-electron chi connectivity index (χ2n) is 6.85. The van der Waals surface area contributed by atoms with Crippen molar-refractivity contribution in [2.75, 3.05) is 5.32 Å². The number of amides is 1. The molecule has 33 heavy (non-hydrogen) atoms. The number of hydrogen-bond acceptors (Lipinski definition) is 5. The minimum Gasteiger partial charge on any atom is -0.471 e. The molecule has 4 rings (SSSR count). The zero-order valence-electron chi connectivity index (χ0n) is 16.8. The van der Waals surface area contributed by atoms with Crippen LogP contribution in [0.5, 0.6) is 5.75 Å². The Morgan fingerprint density at radius 1 is 1.06 bits per heavy atom. The Morgan fingerprint density at radius 3 is 2.67 bits per heavy atom. The Labute approximate surface area is 190 Å². The van der Waals surface area contributed by atoms with Crippen molar-refractivity contribution in [3.05, 3.63) is 89.0 Å². The van der Waals surface area contributed by atoms with Crippen molar-refractivity contribution in [3.8, 4) is 5.75 Å². The molecule has 1 N–H and O–H groups in total. The molecule has 0 aliphatic carbocycles. The van der Waals surface area contributed by atoms with Gasteiger partial charge in [-0.05, 0) is 35.9 Å². The SMILES string of the molecule is O=C(Nc1ncn(Cc2ccccc2Cl)n1)c1ccn(COc2cccc(C(F)(F)F)c2)n1. The molecule has 0 saturated carbocycles. The lowest BCUT2D eigenvalue weighted by Gasteiger charge is -2.10. The summed E-state index contributed by atoms with van der Waals surface area (Å²) in [5, 5.41) is 11.4. The summed E-state index contributed by atoms with van der Waals surface area (Å²) in [6, 6.07) is 13.2. The van der Waals surface area contributed by atoms with Crippen LogP contribution in [0.4, 0.5) is 19.1 Å². The van der Waals surface area contributed by atoms with Crippen molar-refractivity contribution in [2.45, 2.75) is 19.5 Å². The van der Waals surface area contributed by atoms with Crippen LogP contribution in [-0.4, -0.2) is 30.5 Å². The van der Waals surface area contributed by atoms with Gasteiger partial charge in [0, 0.05) is 11.2 Å². The number of nitrogens with one attached hydrogen (secondary N) is 1. The van der Waals surface area contributed by atoms with Gasteiger partial charge in [-0.1, -0.05) is 35.9 Å². The van der Waals surface area contributed by atoms with Gasteiger partial charge in [0.2, 0.25) is 5.95 Å². The van der Waals surface area contributed by atoms with Crippen molar-refractivity contribution in [2.24, 2.45) is 0 Å². The molecule has 1 amide bonds. The summed E-state index contributed by atoms with van der Waals surface area (Å²) in [5.74, 6) is -0.440. The molecule has 0 atom stereocenters. The molecule has 0 radical (unpaired) electrons. The first kappa shape index (κ1) is 22.3. The second kappa shape index (κ2) is 9.33. The number of nitrogens with zero attached hydrogens (tertiary/aromatic N) is 5. The first-order valence-electron chi connectivity index (χ1n) is 9.56. The summed E-state index contributed by atoms with van der Waals surface area (Å²) in [7, 11) is 0. The van der Waals surface area contributed by atoms with Gasteiger partial charge < -0.3 is 4.74 Å². The fourth-order valence-corrected chi connectivity index (χ4v) is 3.05. The van der Waals surface area contributed by atoms with Crippen LogP contribution in [0.2, 0.25) is 5.02 Å². The predicted octanol–water partition coefficient (Wildman–Crippen LogP) is 4.48. The Kier molecular flexibility index (Phi) is 6.31. The normalized spacial score (nSPS) is 11.4. The lowest BCUT2D eigenvalue weighted by Crippen LogP contribution is -2.15. The summed E-state index contributed by atoms with van der Waals surface area (Å²) in [6.45, 7) is 0.198. The van der Waals surface area contributed by atoms with E-state index in [2.05, 4.69) is 20.5 Å². The van der Waals surface area contributed by atoms with E-state index in [-0.39, 0.29) is 24.1 Å². The van der Waals surface area contributed by atoms with E-state index in [1.165, 1.54) is 40.1 Å². The highest BCUT2D eigenvalue weighted by Gasteiger charge is 2.30. The van der Waals surface area contributed by atoms with Gasteiger partial charge in [-0.2, -0.15) is 18.3 Å². The molecular weight excluding hydrogens is 461 g/mol. The molecule has 2 aromatic carbocycles. The zero-order valence-corrected chi connectivity index (χ0v) is 17.6. The number of carbonyl (C=O) groups excluding carboxylic acids is 1. The van der Waals surface area contributed by atoms with Gasteiger partial charge in [0.15, 0.2) is 12.4 Å². The number of benzene rings is 2. The molecule has 0 aliphatic heterocycles. The van der Waals surface area contributed by atoms with Crippen LogP contribution in [0.25, 0.3) is 0 Å². The molecule has 2 aromatic heterocycles. The van der Waals surface area contributed by atoms with E-state index in [4.69, 9.17) is 16.3 Å². The van der Waals surface area contributed by atoms with Crippen molar-refractivity contribution in [1.82, 2.24) is 24.5 Å². The van der Waals surface area contributed by atoms with Crippen molar-refractivity contribution < 1.29 is 22.7 Å². The third-order valence-electron chi connectivity index (χ3n) is 4.45. The molecule has 0 bridgehead atoms. The van der Waals surface area contributed by atoms with Gasteiger partial charge in [-0.3, -0.25) is 10.1 Å². The number of carbonyl (C=O) groups is 1.